The molecule has 23 heteroatoms. The van der Waals surface area contributed by atoms with E-state index in [4.69, 9.17) is 34.9 Å². The maximum Gasteiger partial charge on any atom is 0.336 e. The van der Waals surface area contributed by atoms with Crippen molar-refractivity contribution in [1.82, 2.24) is 39.0 Å². The van der Waals surface area contributed by atoms with Gasteiger partial charge >= 0.3 is 15.9 Å². The lowest BCUT2D eigenvalue weighted by atomic mass is 10.1. The third-order valence-electron chi connectivity index (χ3n) is 7.42. The normalized spacial score (nSPS) is 30.2. The van der Waals surface area contributed by atoms with E-state index in [1.54, 1.807) is 0 Å². The minimum atomic E-state index is -4.74. The molecule has 10 atom stereocenters. The van der Waals surface area contributed by atoms with Crippen molar-refractivity contribution in [2.24, 2.45) is 0 Å². The second-order valence-corrected chi connectivity index (χ2v) is 13.1. The zero-order valence-electron chi connectivity index (χ0n) is 22.6. The van der Waals surface area contributed by atoms with Gasteiger partial charge in [0.2, 0.25) is 5.95 Å². The first-order chi connectivity index (χ1) is 20.9. The molecule has 0 amide bonds. The molecule has 0 aromatic carbocycles. The lowest BCUT2D eigenvalue weighted by Crippen LogP contribution is -2.38. The lowest BCUT2D eigenvalue weighted by Gasteiger charge is -2.29. The van der Waals surface area contributed by atoms with Gasteiger partial charge in [-0.15, -0.1) is 0 Å². The van der Waals surface area contributed by atoms with Crippen molar-refractivity contribution in [3.63, 3.8) is 0 Å². The number of nitrogen functional groups attached to an aromatic ring is 2. The minimum absolute atomic E-state index is 0.0517. The van der Waals surface area contributed by atoms with Crippen LogP contribution >= 0.6 is 15.9 Å². The Morgan fingerprint density at radius 2 is 1.82 bits per heavy atom. The first kappa shape index (κ1) is 30.7. The van der Waals surface area contributed by atoms with Crippen LogP contribution in [0.2, 0.25) is 0 Å². The van der Waals surface area contributed by atoms with Crippen molar-refractivity contribution in [3.05, 3.63) is 29.3 Å². The van der Waals surface area contributed by atoms with E-state index < -0.39 is 76.7 Å². The molecule has 0 saturated carbocycles. The summed E-state index contributed by atoms with van der Waals surface area (Å²) in [5, 5.41) is 21.7. The van der Waals surface area contributed by atoms with Gasteiger partial charge in [-0.3, -0.25) is 28.0 Å². The minimum Gasteiger partial charge on any atom is -0.387 e. The van der Waals surface area contributed by atoms with E-state index in [9.17, 15) is 29.0 Å². The van der Waals surface area contributed by atoms with E-state index in [2.05, 4.69) is 29.9 Å². The average Bonchev–Trinajstić information content (AvgIpc) is 3.73. The Balaban J connectivity index is 1.26. The number of H-pyrrole nitrogens is 1. The molecule has 0 radical (unpaired) electrons. The van der Waals surface area contributed by atoms with Crippen LogP contribution in [0.1, 0.15) is 25.8 Å². The number of ether oxygens (including phenoxy) is 2. The number of nitrogens with one attached hydrogen (secondary N) is 1. The number of rotatable bonds is 9. The molecule has 0 bridgehead atoms. The van der Waals surface area contributed by atoms with Crippen molar-refractivity contribution >= 4 is 49.9 Å². The zero-order valence-corrected chi connectivity index (χ0v) is 24.5. The predicted molar refractivity (Wildman–Crippen MR) is 148 cm³/mol. The Morgan fingerprint density at radius 3 is 2.55 bits per heavy atom. The molecular formula is C21H28N10O11P2. The molecule has 0 spiro atoms. The van der Waals surface area contributed by atoms with Crippen LogP contribution in [0.3, 0.4) is 0 Å². The van der Waals surface area contributed by atoms with Gasteiger partial charge in [-0.1, -0.05) is 0 Å². The maximum absolute atomic E-state index is 13.9. The molecule has 44 heavy (non-hydrogen) atoms. The summed E-state index contributed by atoms with van der Waals surface area (Å²) in [7, 11) is -8.09. The van der Waals surface area contributed by atoms with Gasteiger partial charge in [0, 0.05) is 0 Å². The molecule has 2 unspecified atom stereocenters. The SMILES string of the molecule is C[C@H](OP(=O)(O)[C@@H]1C[C@@H](CO[PH](=O)O)O[C@H]1n1cnc2c(=O)[nH]c(N)nc21)[C@@H]1O[C@@H](n2cnc3c(N)ncnc32)[C@H](O)[C@@H]1O. The highest BCUT2D eigenvalue weighted by molar-refractivity contribution is 7.53. The quantitative estimate of drug-likeness (QED) is 0.0994. The maximum atomic E-state index is 13.9. The summed E-state index contributed by atoms with van der Waals surface area (Å²) in [6.07, 6.45) is -5.69. The number of nitrogens with two attached hydrogens (primary N) is 2. The fourth-order valence-corrected chi connectivity index (χ4v) is 7.53. The number of anilines is 2. The first-order valence-electron chi connectivity index (χ1n) is 13.0. The number of fused-ring (bicyclic) bond motifs is 2. The fourth-order valence-electron chi connectivity index (χ4n) is 5.41. The van der Waals surface area contributed by atoms with Crippen LogP contribution in [0.4, 0.5) is 11.8 Å². The molecule has 4 aromatic heterocycles. The number of aromatic nitrogens is 8. The number of aromatic amines is 1. The molecule has 9 N–H and O–H groups in total. The topological polar surface area (TPSA) is 311 Å². The number of hydrogen-bond acceptors (Lipinski definition) is 16. The molecule has 2 fully saturated rings. The van der Waals surface area contributed by atoms with Gasteiger partial charge in [-0.25, -0.2) is 19.9 Å². The fraction of sp³-hybridized carbons (Fsp3) is 0.524. The van der Waals surface area contributed by atoms with E-state index >= 15 is 0 Å². The van der Waals surface area contributed by atoms with Crippen molar-refractivity contribution in [1.29, 1.82) is 0 Å². The van der Waals surface area contributed by atoms with E-state index in [0.717, 1.165) is 0 Å². The van der Waals surface area contributed by atoms with Crippen LogP contribution in [0, 0.1) is 0 Å². The number of aliphatic hydroxyl groups is 2. The van der Waals surface area contributed by atoms with Gasteiger partial charge < -0.3 is 50.0 Å². The van der Waals surface area contributed by atoms with Crippen molar-refractivity contribution in [2.45, 2.75) is 62.0 Å². The third-order valence-corrected chi connectivity index (χ3v) is 9.77. The average molecular weight is 658 g/mol. The Morgan fingerprint density at radius 1 is 1.11 bits per heavy atom. The van der Waals surface area contributed by atoms with Crippen LogP contribution in [0.15, 0.2) is 23.8 Å². The molecule has 238 valence electrons. The monoisotopic (exact) mass is 658 g/mol. The summed E-state index contributed by atoms with van der Waals surface area (Å²) in [6.45, 7) is 0.973. The molecule has 6 heterocycles. The Labute approximate surface area is 246 Å². The Hall–Kier alpha value is -3.36. The molecule has 0 aliphatic carbocycles. The van der Waals surface area contributed by atoms with E-state index in [1.165, 1.54) is 35.0 Å². The van der Waals surface area contributed by atoms with E-state index in [0.29, 0.717) is 0 Å². The molecular weight excluding hydrogens is 630 g/mol. The van der Waals surface area contributed by atoms with Crippen LogP contribution in [-0.2, 0) is 27.7 Å². The second kappa shape index (κ2) is 11.5. The third kappa shape index (κ3) is 5.40. The van der Waals surface area contributed by atoms with Gasteiger partial charge in [0.1, 0.15) is 35.8 Å². The Kier molecular flexibility index (Phi) is 8.03. The van der Waals surface area contributed by atoms with Gasteiger partial charge in [0.15, 0.2) is 35.1 Å². The molecule has 2 aliphatic rings. The summed E-state index contributed by atoms with van der Waals surface area (Å²) >= 11 is 0. The number of aliphatic hydroxyl groups excluding tert-OH is 2. The van der Waals surface area contributed by atoms with Gasteiger partial charge in [-0.2, -0.15) is 4.98 Å². The summed E-state index contributed by atoms with van der Waals surface area (Å²) in [5.41, 5.74) is 9.81. The smallest absolute Gasteiger partial charge is 0.336 e. The summed E-state index contributed by atoms with van der Waals surface area (Å²) < 4.78 is 49.8. The van der Waals surface area contributed by atoms with Crippen LogP contribution in [0.25, 0.3) is 22.3 Å². The Bertz CT molecular complexity index is 1830. The highest BCUT2D eigenvalue weighted by Crippen LogP contribution is 2.58. The van der Waals surface area contributed by atoms with Crippen LogP contribution < -0.4 is 17.0 Å². The van der Waals surface area contributed by atoms with Gasteiger partial charge in [0.05, 0.1) is 31.5 Å². The van der Waals surface area contributed by atoms with Gasteiger partial charge in [0.25, 0.3) is 5.56 Å². The highest BCUT2D eigenvalue weighted by Gasteiger charge is 2.53. The largest absolute Gasteiger partial charge is 0.387 e. The summed E-state index contributed by atoms with van der Waals surface area (Å²) in [4.78, 5) is 55.2. The number of nitrogens with zero attached hydrogens (tertiary/aromatic N) is 7. The van der Waals surface area contributed by atoms with Crippen LogP contribution in [-0.4, -0.2) is 102 Å². The van der Waals surface area contributed by atoms with Crippen LogP contribution in [0.5, 0.6) is 0 Å². The summed E-state index contributed by atoms with van der Waals surface area (Å²) in [6, 6.07) is 0. The lowest BCUT2D eigenvalue weighted by molar-refractivity contribution is -0.0736. The molecule has 6 rings (SSSR count). The molecule has 4 aromatic rings. The second-order valence-electron chi connectivity index (χ2n) is 10.2. The van der Waals surface area contributed by atoms with E-state index in [-0.39, 0.29) is 40.5 Å². The number of imidazole rings is 2. The molecule has 21 nitrogen and oxygen atoms in total. The predicted octanol–water partition coefficient (Wildman–Crippen LogP) is -1.61. The number of hydrogen-bond donors (Lipinski definition) is 7. The van der Waals surface area contributed by atoms with E-state index in [1.807, 2.05) is 0 Å². The summed E-state index contributed by atoms with van der Waals surface area (Å²) in [5.74, 6) is -0.150. The van der Waals surface area contributed by atoms with Crippen molar-refractivity contribution in [2.75, 3.05) is 18.1 Å². The zero-order chi connectivity index (χ0) is 31.5. The van der Waals surface area contributed by atoms with Crippen molar-refractivity contribution < 1.29 is 47.7 Å². The first-order valence-corrected chi connectivity index (χ1v) is 16.0. The highest BCUT2D eigenvalue weighted by atomic mass is 31.2. The van der Waals surface area contributed by atoms with Gasteiger partial charge in [-0.05, 0) is 13.3 Å². The van der Waals surface area contributed by atoms with Crippen molar-refractivity contribution in [3.8, 4) is 0 Å². The molecule has 2 aliphatic heterocycles. The molecule has 2 saturated heterocycles. The standard InChI is InChI=1S/C21H28N10O11P2/c1-7(14-12(32)13(33)20(41-14)30-5-26-10-15(22)24-4-25-16(10)30)42-44(37,38)9-2-8(3-39-43(35)36)40-19(9)31-6-27-11-17(31)28-21(23)29-18(11)34/h4-9,12-14,19-20,32-33,43H,2-3H2,1H3,(H,35,36)(H,37,38)(H2,22,24,25)(H3,23,28,29,34)/t7-,8-,9+,12-,13+,14-,19+,20+/m0/s1.